The predicted molar refractivity (Wildman–Crippen MR) is 53.5 cm³/mol. The average molecular weight is 186 g/mol. The van der Waals surface area contributed by atoms with Gasteiger partial charge in [0.25, 0.3) is 0 Å². The van der Waals surface area contributed by atoms with Gasteiger partial charge in [0.1, 0.15) is 0 Å². The van der Waals surface area contributed by atoms with Gasteiger partial charge in [-0.25, -0.2) is 0 Å². The molecule has 3 atom stereocenters. The summed E-state index contributed by atoms with van der Waals surface area (Å²) in [6.07, 6.45) is 0. The molecule has 0 radical (unpaired) electrons. The molecular weight excluding hydrogens is 168 g/mol. The van der Waals surface area contributed by atoms with Gasteiger partial charge in [-0.1, -0.05) is 6.92 Å². The normalized spacial score (nSPS) is 17.5. The molecule has 0 aliphatic heterocycles. The molecule has 0 amide bonds. The maximum Gasteiger partial charge on any atom is 0.0965 e. The van der Waals surface area contributed by atoms with E-state index in [9.17, 15) is 0 Å². The molecule has 0 heterocycles. The van der Waals surface area contributed by atoms with E-state index < -0.39 is 12.0 Å². The topological polar surface area (TPSA) is 152 Å². The van der Waals surface area contributed by atoms with Crippen LogP contribution in [0.25, 0.3) is 0 Å². The molecule has 0 bridgehead atoms. The maximum atomic E-state index is 7.22. The molecule has 0 saturated carbocycles. The second-order valence-electron chi connectivity index (χ2n) is 3.12. The van der Waals surface area contributed by atoms with Crippen LogP contribution in [0.3, 0.4) is 0 Å². The first-order valence-electron chi connectivity index (χ1n) is 4.05. The van der Waals surface area contributed by atoms with Crippen LogP contribution < -0.4 is 22.9 Å². The monoisotopic (exact) mass is 186 g/mol. The molecular formula is C7H18N6. The van der Waals surface area contributed by atoms with E-state index in [1.54, 1.807) is 6.92 Å². The molecule has 3 unspecified atom stereocenters. The maximum absolute atomic E-state index is 7.22. The first-order chi connectivity index (χ1) is 5.91. The highest BCUT2D eigenvalue weighted by Gasteiger charge is 2.26. The lowest BCUT2D eigenvalue weighted by molar-refractivity contribution is 0.460. The third kappa shape index (κ3) is 3.00. The Kier molecular flexibility index (Phi) is 4.36. The molecule has 0 spiro atoms. The Hall–Kier alpha value is -1.14. The van der Waals surface area contributed by atoms with Crippen molar-refractivity contribution in [3.8, 4) is 0 Å². The van der Waals surface area contributed by atoms with E-state index in [1.807, 2.05) is 0 Å². The van der Waals surface area contributed by atoms with Crippen LogP contribution in [0.15, 0.2) is 0 Å². The largest absolute Gasteiger partial charge is 0.387 e. The van der Waals surface area contributed by atoms with Gasteiger partial charge in [-0.15, -0.1) is 0 Å². The third-order valence-electron chi connectivity index (χ3n) is 2.19. The highest BCUT2D eigenvalue weighted by atomic mass is 14.8. The van der Waals surface area contributed by atoms with Crippen molar-refractivity contribution in [1.82, 2.24) is 0 Å². The Morgan fingerprint density at radius 2 is 1.69 bits per heavy atom. The van der Waals surface area contributed by atoms with Crippen molar-refractivity contribution in [2.75, 3.05) is 6.54 Å². The SMILES string of the molecule is CC(C(=N)N)C(N)C(CN)C(=N)N. The number of hydrogen-bond acceptors (Lipinski definition) is 4. The van der Waals surface area contributed by atoms with Crippen LogP contribution in [0, 0.1) is 22.7 Å². The zero-order valence-electron chi connectivity index (χ0n) is 7.75. The number of amidine groups is 2. The van der Waals surface area contributed by atoms with Crippen LogP contribution in [0.4, 0.5) is 0 Å². The Morgan fingerprint density at radius 1 is 1.23 bits per heavy atom. The Bertz CT molecular complexity index is 201. The van der Waals surface area contributed by atoms with Gasteiger partial charge in [-0.3, -0.25) is 10.8 Å². The summed E-state index contributed by atoms with van der Waals surface area (Å²) in [5.74, 6) is -0.772. The van der Waals surface area contributed by atoms with E-state index in [0.717, 1.165) is 0 Å². The number of rotatable bonds is 5. The van der Waals surface area contributed by atoms with E-state index in [2.05, 4.69) is 0 Å². The Balaban J connectivity index is 4.45. The number of nitrogens with one attached hydrogen (secondary N) is 2. The van der Waals surface area contributed by atoms with E-state index in [0.29, 0.717) is 0 Å². The van der Waals surface area contributed by atoms with Gasteiger partial charge in [0.05, 0.1) is 11.7 Å². The molecule has 0 rings (SSSR count). The molecule has 0 aliphatic carbocycles. The standard InChI is InChI=1S/C7H18N6/c1-3(6(10)11)5(9)4(2-8)7(12)13/h3-5H,2,8-9H2,1H3,(H3,10,11)(H3,12,13). The van der Waals surface area contributed by atoms with Crippen LogP contribution in [0.2, 0.25) is 0 Å². The quantitative estimate of drug-likeness (QED) is 0.226. The van der Waals surface area contributed by atoms with Crippen molar-refractivity contribution in [3.05, 3.63) is 0 Å². The Labute approximate surface area is 77.7 Å². The average Bonchev–Trinajstić information content (AvgIpc) is 2.03. The van der Waals surface area contributed by atoms with E-state index in [1.165, 1.54) is 0 Å². The second kappa shape index (κ2) is 4.78. The molecule has 13 heavy (non-hydrogen) atoms. The van der Waals surface area contributed by atoms with Crippen LogP contribution in [0.1, 0.15) is 6.92 Å². The summed E-state index contributed by atoms with van der Waals surface area (Å²) < 4.78 is 0. The molecule has 0 aromatic rings. The minimum atomic E-state index is -0.458. The van der Waals surface area contributed by atoms with Gasteiger partial charge in [0.2, 0.25) is 0 Å². The summed E-state index contributed by atoms with van der Waals surface area (Å²) in [6.45, 7) is 1.92. The lowest BCUT2D eigenvalue weighted by Gasteiger charge is -2.25. The number of hydrogen-bond donors (Lipinski definition) is 6. The van der Waals surface area contributed by atoms with Crippen LogP contribution in [-0.2, 0) is 0 Å². The summed E-state index contributed by atoms with van der Waals surface area (Å²) >= 11 is 0. The summed E-state index contributed by atoms with van der Waals surface area (Å²) in [5.41, 5.74) is 21.7. The van der Waals surface area contributed by atoms with Gasteiger partial charge < -0.3 is 22.9 Å². The molecule has 76 valence electrons. The minimum Gasteiger partial charge on any atom is -0.387 e. The highest BCUT2D eigenvalue weighted by Crippen LogP contribution is 2.09. The lowest BCUT2D eigenvalue weighted by atomic mass is 9.88. The van der Waals surface area contributed by atoms with Crippen molar-refractivity contribution in [2.24, 2.45) is 34.8 Å². The fourth-order valence-electron chi connectivity index (χ4n) is 1.05. The van der Waals surface area contributed by atoms with Crippen molar-refractivity contribution in [3.63, 3.8) is 0 Å². The van der Waals surface area contributed by atoms with Crippen molar-refractivity contribution in [1.29, 1.82) is 10.8 Å². The van der Waals surface area contributed by atoms with E-state index >= 15 is 0 Å². The van der Waals surface area contributed by atoms with Gasteiger partial charge in [-0.05, 0) is 0 Å². The molecule has 0 aromatic heterocycles. The van der Waals surface area contributed by atoms with Gasteiger partial charge >= 0.3 is 0 Å². The van der Waals surface area contributed by atoms with Crippen molar-refractivity contribution in [2.45, 2.75) is 13.0 Å². The second-order valence-corrected chi connectivity index (χ2v) is 3.12. The van der Waals surface area contributed by atoms with Gasteiger partial charge in [0.15, 0.2) is 0 Å². The van der Waals surface area contributed by atoms with Gasteiger partial charge in [0, 0.05) is 24.4 Å². The zero-order chi connectivity index (χ0) is 10.6. The summed E-state index contributed by atoms with van der Waals surface area (Å²) in [5, 5.41) is 14.4. The molecule has 0 aliphatic rings. The van der Waals surface area contributed by atoms with Crippen molar-refractivity contribution >= 4 is 11.7 Å². The summed E-state index contributed by atoms with van der Waals surface area (Å²) in [6, 6.07) is -0.458. The predicted octanol–water partition coefficient (Wildman–Crippen LogP) is -1.60. The molecule has 6 nitrogen and oxygen atoms in total. The molecule has 0 fully saturated rings. The smallest absolute Gasteiger partial charge is 0.0965 e. The zero-order valence-corrected chi connectivity index (χ0v) is 7.75. The summed E-state index contributed by atoms with van der Waals surface area (Å²) in [7, 11) is 0. The van der Waals surface area contributed by atoms with E-state index in [4.69, 9.17) is 33.8 Å². The minimum absolute atomic E-state index is 0.00722. The summed E-state index contributed by atoms with van der Waals surface area (Å²) in [4.78, 5) is 0. The third-order valence-corrected chi connectivity index (χ3v) is 2.19. The van der Waals surface area contributed by atoms with E-state index in [-0.39, 0.29) is 24.1 Å². The van der Waals surface area contributed by atoms with Gasteiger partial charge in [-0.2, -0.15) is 0 Å². The lowest BCUT2D eigenvalue weighted by Crippen LogP contribution is -2.49. The van der Waals surface area contributed by atoms with Crippen LogP contribution in [-0.4, -0.2) is 24.3 Å². The first-order valence-corrected chi connectivity index (χ1v) is 4.05. The number of nitrogens with two attached hydrogens (primary N) is 4. The Morgan fingerprint density at radius 3 is 1.92 bits per heavy atom. The molecule has 6 heteroatoms. The molecule has 0 saturated heterocycles. The van der Waals surface area contributed by atoms with Crippen LogP contribution >= 0.6 is 0 Å². The fraction of sp³-hybridized carbons (Fsp3) is 0.714. The molecule has 0 aromatic carbocycles. The first kappa shape index (κ1) is 11.9. The molecule has 10 N–H and O–H groups in total. The highest BCUT2D eigenvalue weighted by molar-refractivity contribution is 5.84. The van der Waals surface area contributed by atoms with Crippen LogP contribution in [0.5, 0.6) is 0 Å². The van der Waals surface area contributed by atoms with Crippen molar-refractivity contribution < 1.29 is 0 Å². The fourth-order valence-corrected chi connectivity index (χ4v) is 1.05.